The molecule has 0 aliphatic rings. The van der Waals surface area contributed by atoms with Crippen molar-refractivity contribution >= 4 is 22.6 Å². The molecule has 0 aliphatic carbocycles. The van der Waals surface area contributed by atoms with Gasteiger partial charge in [0.1, 0.15) is 11.6 Å². The number of benzene rings is 2. The van der Waals surface area contributed by atoms with Gasteiger partial charge in [0.05, 0.1) is 24.1 Å². The van der Waals surface area contributed by atoms with Crippen LogP contribution in [0, 0.1) is 5.82 Å². The van der Waals surface area contributed by atoms with E-state index in [1.54, 1.807) is 19.2 Å². The van der Waals surface area contributed by atoms with Crippen molar-refractivity contribution in [1.29, 1.82) is 0 Å². The van der Waals surface area contributed by atoms with Crippen LogP contribution in [-0.2, 0) is 6.54 Å². The number of fused-ring (bicyclic) bond motifs is 1. The van der Waals surface area contributed by atoms with E-state index in [0.717, 1.165) is 34.6 Å². The number of amides is 1. The minimum absolute atomic E-state index is 0.0261. The fourth-order valence-electron chi connectivity index (χ4n) is 3.29. The van der Waals surface area contributed by atoms with Gasteiger partial charge in [0.2, 0.25) is 0 Å². The van der Waals surface area contributed by atoms with Crippen LogP contribution >= 0.6 is 0 Å². The summed E-state index contributed by atoms with van der Waals surface area (Å²) < 4.78 is 21.2. The quantitative estimate of drug-likeness (QED) is 0.539. The molecular weight excluding hydrogens is 359 g/mol. The monoisotopic (exact) mass is 378 g/mol. The molecule has 1 amide bonds. The number of methoxy groups -OCH3 is 1. The summed E-state index contributed by atoms with van der Waals surface area (Å²) in [5.74, 6) is -0.00349. The molecule has 0 aliphatic heterocycles. The Balaban J connectivity index is 1.66. The molecule has 2 N–H and O–H groups in total. The topological polar surface area (TPSA) is 71.9 Å². The molecule has 4 rings (SSSR count). The van der Waals surface area contributed by atoms with Gasteiger partial charge in [0.15, 0.2) is 5.82 Å². The van der Waals surface area contributed by atoms with Gasteiger partial charge in [-0.3, -0.25) is 9.89 Å². The molecule has 0 unspecified atom stereocenters. The van der Waals surface area contributed by atoms with Crippen molar-refractivity contribution in [3.05, 3.63) is 66.0 Å². The Morgan fingerprint density at radius 1 is 1.21 bits per heavy atom. The summed E-state index contributed by atoms with van der Waals surface area (Å²) in [4.78, 5) is 12.3. The van der Waals surface area contributed by atoms with Crippen molar-refractivity contribution in [2.45, 2.75) is 13.5 Å². The molecule has 2 aromatic heterocycles. The van der Waals surface area contributed by atoms with Gasteiger partial charge in [-0.25, -0.2) is 4.39 Å². The Morgan fingerprint density at radius 2 is 2.04 bits per heavy atom. The molecule has 0 bridgehead atoms. The van der Waals surface area contributed by atoms with Crippen LogP contribution in [0.5, 0.6) is 5.75 Å². The van der Waals surface area contributed by atoms with Crippen molar-refractivity contribution in [1.82, 2.24) is 14.8 Å². The van der Waals surface area contributed by atoms with Crippen molar-refractivity contribution < 1.29 is 13.9 Å². The molecule has 7 heteroatoms. The number of H-pyrrole nitrogens is 1. The van der Waals surface area contributed by atoms with Gasteiger partial charge < -0.3 is 14.6 Å². The zero-order valence-corrected chi connectivity index (χ0v) is 15.5. The average molecular weight is 378 g/mol. The third-order valence-corrected chi connectivity index (χ3v) is 4.64. The largest absolute Gasteiger partial charge is 0.497 e. The van der Waals surface area contributed by atoms with E-state index in [-0.39, 0.29) is 5.56 Å². The highest BCUT2D eigenvalue weighted by molar-refractivity contribution is 6.04. The maximum atomic E-state index is 13.8. The van der Waals surface area contributed by atoms with Gasteiger partial charge in [0, 0.05) is 23.5 Å². The zero-order chi connectivity index (χ0) is 19.7. The lowest BCUT2D eigenvalue weighted by Crippen LogP contribution is -2.13. The second kappa shape index (κ2) is 7.19. The van der Waals surface area contributed by atoms with E-state index in [4.69, 9.17) is 4.74 Å². The molecule has 0 spiro atoms. The first-order valence-corrected chi connectivity index (χ1v) is 8.89. The van der Waals surface area contributed by atoms with Crippen molar-refractivity contribution in [2.24, 2.45) is 0 Å². The number of halogens is 1. The number of anilines is 1. The van der Waals surface area contributed by atoms with Gasteiger partial charge in [-0.15, -0.1) is 0 Å². The molecule has 4 aromatic rings. The first kappa shape index (κ1) is 17.8. The van der Waals surface area contributed by atoms with Gasteiger partial charge in [-0.2, -0.15) is 5.10 Å². The van der Waals surface area contributed by atoms with E-state index < -0.39 is 11.7 Å². The summed E-state index contributed by atoms with van der Waals surface area (Å²) in [7, 11) is 1.64. The van der Waals surface area contributed by atoms with E-state index >= 15 is 0 Å². The minimum atomic E-state index is -0.573. The van der Waals surface area contributed by atoms with Gasteiger partial charge in [0.25, 0.3) is 5.91 Å². The Bertz CT molecular complexity index is 1160. The third-order valence-electron chi connectivity index (χ3n) is 4.64. The van der Waals surface area contributed by atoms with Crippen LogP contribution in [0.1, 0.15) is 17.3 Å². The van der Waals surface area contributed by atoms with E-state index in [9.17, 15) is 9.18 Å². The predicted molar refractivity (Wildman–Crippen MR) is 106 cm³/mol. The molecule has 28 heavy (non-hydrogen) atoms. The normalized spacial score (nSPS) is 11.0. The van der Waals surface area contributed by atoms with Crippen LogP contribution in [0.3, 0.4) is 0 Å². The maximum absolute atomic E-state index is 13.8. The summed E-state index contributed by atoms with van der Waals surface area (Å²) in [6, 6.07) is 15.5. The number of hydrogen-bond acceptors (Lipinski definition) is 3. The fraction of sp³-hybridized carbons (Fsp3) is 0.143. The lowest BCUT2D eigenvalue weighted by atomic mass is 10.2. The summed E-state index contributed by atoms with van der Waals surface area (Å²) in [6.45, 7) is 2.82. The summed E-state index contributed by atoms with van der Waals surface area (Å²) in [6.07, 6.45) is 0. The van der Waals surface area contributed by atoms with Crippen LogP contribution in [-0.4, -0.2) is 27.8 Å². The minimum Gasteiger partial charge on any atom is -0.497 e. The number of hydrogen-bond donors (Lipinski definition) is 2. The molecule has 0 fully saturated rings. The SMILES string of the molecule is CCn1c(-c2cc(NC(=O)c3ccccc3F)n[nH]2)cc2cc(OC)ccc21. The molecule has 0 radical (unpaired) electrons. The van der Waals surface area contributed by atoms with E-state index in [0.29, 0.717) is 5.82 Å². The Hall–Kier alpha value is -3.61. The molecule has 0 saturated carbocycles. The number of rotatable bonds is 5. The standard InChI is InChI=1S/C21H19FN4O2/c1-3-26-18-9-8-14(28-2)10-13(18)11-19(26)17-12-20(25-24-17)23-21(27)15-6-4-5-7-16(15)22/h4-12H,3H2,1-2H3,(H2,23,24,25,27). The molecular formula is C21H19FN4O2. The second-order valence-electron chi connectivity index (χ2n) is 6.30. The van der Waals surface area contributed by atoms with Crippen LogP contribution in [0.15, 0.2) is 54.6 Å². The number of aromatic amines is 1. The van der Waals surface area contributed by atoms with Gasteiger partial charge in [-0.1, -0.05) is 12.1 Å². The van der Waals surface area contributed by atoms with Crippen LogP contribution in [0.4, 0.5) is 10.2 Å². The molecule has 0 saturated heterocycles. The highest BCUT2D eigenvalue weighted by atomic mass is 19.1. The first-order valence-electron chi connectivity index (χ1n) is 8.89. The molecule has 142 valence electrons. The van der Waals surface area contributed by atoms with E-state index in [1.807, 2.05) is 24.3 Å². The Kier molecular flexibility index (Phi) is 4.57. The van der Waals surface area contributed by atoms with Crippen molar-refractivity contribution in [3.8, 4) is 17.1 Å². The number of aryl methyl sites for hydroxylation is 1. The fourth-order valence-corrected chi connectivity index (χ4v) is 3.29. The maximum Gasteiger partial charge on any atom is 0.259 e. The van der Waals surface area contributed by atoms with Crippen LogP contribution in [0.2, 0.25) is 0 Å². The summed E-state index contributed by atoms with van der Waals surface area (Å²) >= 11 is 0. The highest BCUT2D eigenvalue weighted by Crippen LogP contribution is 2.30. The van der Waals surface area contributed by atoms with Crippen molar-refractivity contribution in [3.63, 3.8) is 0 Å². The zero-order valence-electron chi connectivity index (χ0n) is 15.5. The first-order chi connectivity index (χ1) is 13.6. The number of carbonyl (C=O) groups is 1. The number of aromatic nitrogens is 3. The third kappa shape index (κ3) is 3.11. The van der Waals surface area contributed by atoms with Gasteiger partial charge in [-0.05, 0) is 43.3 Å². The van der Waals surface area contributed by atoms with E-state index in [2.05, 4.69) is 27.0 Å². The van der Waals surface area contributed by atoms with Gasteiger partial charge >= 0.3 is 0 Å². The lowest BCUT2D eigenvalue weighted by Gasteiger charge is -2.06. The average Bonchev–Trinajstić information content (AvgIpc) is 3.31. The second-order valence-corrected chi connectivity index (χ2v) is 6.30. The predicted octanol–water partition coefficient (Wildman–Crippen LogP) is 4.45. The molecule has 2 heterocycles. The number of ether oxygens (including phenoxy) is 1. The highest BCUT2D eigenvalue weighted by Gasteiger charge is 2.15. The van der Waals surface area contributed by atoms with Crippen LogP contribution < -0.4 is 10.1 Å². The number of carbonyl (C=O) groups excluding carboxylic acids is 1. The van der Waals surface area contributed by atoms with E-state index in [1.165, 1.54) is 18.2 Å². The molecule has 6 nitrogen and oxygen atoms in total. The molecule has 0 atom stereocenters. The Labute approximate surface area is 160 Å². The van der Waals surface area contributed by atoms with Crippen molar-refractivity contribution in [2.75, 3.05) is 12.4 Å². The summed E-state index contributed by atoms with van der Waals surface area (Å²) in [5, 5.41) is 10.8. The smallest absolute Gasteiger partial charge is 0.259 e. The molecule has 2 aromatic carbocycles. The number of nitrogens with one attached hydrogen (secondary N) is 2. The number of nitrogens with zero attached hydrogens (tertiary/aromatic N) is 2. The Morgan fingerprint density at radius 3 is 2.79 bits per heavy atom. The summed E-state index contributed by atoms with van der Waals surface area (Å²) in [5.41, 5.74) is 2.73. The lowest BCUT2D eigenvalue weighted by molar-refractivity contribution is 0.102. The van der Waals surface area contributed by atoms with Crippen LogP contribution in [0.25, 0.3) is 22.3 Å².